The van der Waals surface area contributed by atoms with Crippen LogP contribution in [0.15, 0.2) is 51.1 Å². The fourth-order valence-electron chi connectivity index (χ4n) is 1.59. The molecule has 0 bridgehead atoms. The number of nitrogens with one attached hydrogen (secondary N) is 1. The van der Waals surface area contributed by atoms with Crippen LogP contribution < -0.4 is 5.32 Å². The molecular weight excluding hydrogens is 354 g/mol. The highest BCUT2D eigenvalue weighted by Gasteiger charge is 2.12. The fourth-order valence-corrected chi connectivity index (χ4v) is 1.91. The number of anilines is 1. The first-order chi connectivity index (χ1) is 10.5. The largest absolute Gasteiger partial charge is 0.450 e. The summed E-state index contributed by atoms with van der Waals surface area (Å²) in [5.74, 6) is -0.354. The van der Waals surface area contributed by atoms with Crippen LogP contribution in [0.5, 0.6) is 0 Å². The van der Waals surface area contributed by atoms with Gasteiger partial charge in [0.05, 0.1) is 4.92 Å². The minimum atomic E-state index is -0.685. The van der Waals surface area contributed by atoms with Gasteiger partial charge < -0.3 is 9.73 Å². The summed E-state index contributed by atoms with van der Waals surface area (Å²) in [5.41, 5.74) is -0.121. The third-order valence-electron chi connectivity index (χ3n) is 2.56. The predicted octanol–water partition coefficient (Wildman–Crippen LogP) is 3.50. The molecule has 8 heteroatoms. The SMILES string of the molecule is N#C/C(=C\c1ccc(Br)o1)C(=O)Nc1cccc([N+](=O)[O-])c1. The van der Waals surface area contributed by atoms with Crippen LogP contribution in [0, 0.1) is 21.4 Å². The van der Waals surface area contributed by atoms with E-state index < -0.39 is 10.8 Å². The van der Waals surface area contributed by atoms with E-state index in [1.165, 1.54) is 30.3 Å². The second-order valence-electron chi connectivity index (χ2n) is 4.07. The molecule has 22 heavy (non-hydrogen) atoms. The summed E-state index contributed by atoms with van der Waals surface area (Å²) < 4.78 is 5.65. The summed E-state index contributed by atoms with van der Waals surface area (Å²) in [6.07, 6.45) is 1.28. The van der Waals surface area contributed by atoms with Gasteiger partial charge >= 0.3 is 0 Å². The molecule has 1 amide bonds. The second kappa shape index (κ2) is 6.69. The number of hydrogen-bond donors (Lipinski definition) is 1. The van der Waals surface area contributed by atoms with Gasteiger partial charge in [0.15, 0.2) is 4.67 Å². The number of nitro groups is 1. The van der Waals surface area contributed by atoms with Crippen molar-refractivity contribution in [3.8, 4) is 6.07 Å². The van der Waals surface area contributed by atoms with Crippen molar-refractivity contribution in [2.75, 3.05) is 5.32 Å². The third-order valence-corrected chi connectivity index (χ3v) is 2.99. The lowest BCUT2D eigenvalue weighted by molar-refractivity contribution is -0.384. The number of benzene rings is 1. The molecule has 1 N–H and O–H groups in total. The zero-order valence-corrected chi connectivity index (χ0v) is 12.5. The molecule has 2 rings (SSSR count). The van der Waals surface area contributed by atoms with Crippen LogP contribution in [-0.2, 0) is 4.79 Å². The van der Waals surface area contributed by atoms with Gasteiger partial charge in [-0.25, -0.2) is 0 Å². The highest BCUT2D eigenvalue weighted by atomic mass is 79.9. The van der Waals surface area contributed by atoms with Crippen molar-refractivity contribution in [3.63, 3.8) is 0 Å². The van der Waals surface area contributed by atoms with Crippen molar-refractivity contribution in [2.24, 2.45) is 0 Å². The first-order valence-electron chi connectivity index (χ1n) is 5.92. The van der Waals surface area contributed by atoms with Crippen molar-refractivity contribution >= 4 is 39.3 Å². The normalized spacial score (nSPS) is 10.8. The minimum absolute atomic E-state index is 0.157. The van der Waals surface area contributed by atoms with Crippen LogP contribution in [0.4, 0.5) is 11.4 Å². The molecule has 1 aromatic carbocycles. The van der Waals surface area contributed by atoms with Crippen LogP contribution in [0.1, 0.15) is 5.76 Å². The summed E-state index contributed by atoms with van der Waals surface area (Å²) in [7, 11) is 0. The molecule has 2 aromatic rings. The number of carbonyl (C=O) groups excluding carboxylic acids is 1. The fraction of sp³-hybridized carbons (Fsp3) is 0. The topological polar surface area (TPSA) is 109 Å². The number of non-ortho nitro benzene ring substituents is 1. The van der Waals surface area contributed by atoms with Crippen LogP contribution in [0.2, 0.25) is 0 Å². The van der Waals surface area contributed by atoms with Crippen molar-refractivity contribution in [2.45, 2.75) is 0 Å². The average Bonchev–Trinajstić information content (AvgIpc) is 2.90. The van der Waals surface area contributed by atoms with E-state index in [9.17, 15) is 14.9 Å². The molecule has 0 aliphatic heterocycles. The first-order valence-corrected chi connectivity index (χ1v) is 6.72. The molecule has 0 aliphatic carbocycles. The van der Waals surface area contributed by atoms with Gasteiger partial charge in [-0.3, -0.25) is 14.9 Å². The van der Waals surface area contributed by atoms with Gasteiger partial charge in [0.1, 0.15) is 17.4 Å². The van der Waals surface area contributed by atoms with Gasteiger partial charge in [-0.05, 0) is 34.1 Å². The standard InChI is InChI=1S/C14H8BrN3O4/c15-13-5-4-12(22-13)6-9(8-16)14(19)17-10-2-1-3-11(7-10)18(20)21/h1-7H,(H,17,19)/b9-6+. The Morgan fingerprint density at radius 2 is 2.18 bits per heavy atom. The molecule has 0 saturated carbocycles. The molecule has 0 fully saturated rings. The third kappa shape index (κ3) is 3.80. The smallest absolute Gasteiger partial charge is 0.271 e. The number of halogens is 1. The summed E-state index contributed by atoms with van der Waals surface area (Å²) in [4.78, 5) is 22.1. The number of carbonyl (C=O) groups is 1. The lowest BCUT2D eigenvalue weighted by Gasteiger charge is -2.03. The Kier molecular flexibility index (Phi) is 4.70. The molecule has 0 atom stereocenters. The Labute approximate surface area is 133 Å². The number of amides is 1. The Morgan fingerprint density at radius 1 is 1.41 bits per heavy atom. The number of nitro benzene ring substituents is 1. The van der Waals surface area contributed by atoms with Crippen LogP contribution in [0.3, 0.4) is 0 Å². The van der Waals surface area contributed by atoms with Gasteiger partial charge in [0.2, 0.25) is 0 Å². The van der Waals surface area contributed by atoms with Crippen LogP contribution in [-0.4, -0.2) is 10.8 Å². The van der Waals surface area contributed by atoms with E-state index in [-0.39, 0.29) is 16.9 Å². The van der Waals surface area contributed by atoms with Crippen molar-refractivity contribution < 1.29 is 14.1 Å². The van der Waals surface area contributed by atoms with Gasteiger partial charge in [0, 0.05) is 23.9 Å². The number of hydrogen-bond acceptors (Lipinski definition) is 5. The molecule has 0 aliphatic rings. The van der Waals surface area contributed by atoms with E-state index in [2.05, 4.69) is 21.2 Å². The number of nitrogens with zero attached hydrogens (tertiary/aromatic N) is 2. The highest BCUT2D eigenvalue weighted by molar-refractivity contribution is 9.10. The van der Waals surface area contributed by atoms with Crippen molar-refractivity contribution in [1.29, 1.82) is 5.26 Å². The molecule has 0 unspecified atom stereocenters. The molecule has 1 aromatic heterocycles. The molecule has 0 radical (unpaired) electrons. The van der Waals surface area contributed by atoms with Gasteiger partial charge in [0.25, 0.3) is 11.6 Å². The molecule has 0 saturated heterocycles. The molecule has 110 valence electrons. The Morgan fingerprint density at radius 3 is 2.77 bits per heavy atom. The van der Waals surface area contributed by atoms with E-state index in [1.54, 1.807) is 18.2 Å². The van der Waals surface area contributed by atoms with E-state index in [0.29, 0.717) is 10.4 Å². The van der Waals surface area contributed by atoms with Crippen LogP contribution >= 0.6 is 15.9 Å². The number of nitriles is 1. The van der Waals surface area contributed by atoms with Gasteiger partial charge in [-0.1, -0.05) is 6.07 Å². The zero-order chi connectivity index (χ0) is 16.1. The van der Waals surface area contributed by atoms with Crippen LogP contribution in [0.25, 0.3) is 6.08 Å². The summed E-state index contributed by atoms with van der Waals surface area (Å²) >= 11 is 3.11. The zero-order valence-electron chi connectivity index (χ0n) is 10.9. The molecule has 1 heterocycles. The lowest BCUT2D eigenvalue weighted by Crippen LogP contribution is -2.13. The molecular formula is C14H8BrN3O4. The van der Waals surface area contributed by atoms with E-state index >= 15 is 0 Å². The Hall–Kier alpha value is -2.92. The molecule has 7 nitrogen and oxygen atoms in total. The Bertz CT molecular complexity index is 804. The minimum Gasteiger partial charge on any atom is -0.450 e. The monoisotopic (exact) mass is 361 g/mol. The van der Waals surface area contributed by atoms with Crippen molar-refractivity contribution in [1.82, 2.24) is 0 Å². The second-order valence-corrected chi connectivity index (χ2v) is 4.85. The summed E-state index contributed by atoms with van der Waals surface area (Å²) in [6.45, 7) is 0. The maximum atomic E-state index is 12.0. The quantitative estimate of drug-likeness (QED) is 0.387. The molecule has 0 spiro atoms. The van der Waals surface area contributed by atoms with Gasteiger partial charge in [-0.15, -0.1) is 0 Å². The lowest BCUT2D eigenvalue weighted by atomic mass is 10.2. The summed E-state index contributed by atoms with van der Waals surface area (Å²) in [5, 5.41) is 22.2. The maximum absolute atomic E-state index is 12.0. The first kappa shape index (κ1) is 15.5. The van der Waals surface area contributed by atoms with Crippen molar-refractivity contribution in [3.05, 3.63) is 62.5 Å². The number of furan rings is 1. The predicted molar refractivity (Wildman–Crippen MR) is 81.7 cm³/mol. The maximum Gasteiger partial charge on any atom is 0.271 e. The van der Waals surface area contributed by atoms with Gasteiger partial charge in [-0.2, -0.15) is 5.26 Å². The van der Waals surface area contributed by atoms with E-state index in [4.69, 9.17) is 9.68 Å². The average molecular weight is 362 g/mol. The highest BCUT2D eigenvalue weighted by Crippen LogP contribution is 2.19. The summed E-state index contributed by atoms with van der Waals surface area (Å²) in [6, 6.07) is 10.4. The van der Waals surface area contributed by atoms with E-state index in [1.807, 2.05) is 0 Å². The Balaban J connectivity index is 2.20. The van der Waals surface area contributed by atoms with E-state index in [0.717, 1.165) is 0 Å². The number of rotatable bonds is 4.